The van der Waals surface area contributed by atoms with Crippen LogP contribution in [-0.2, 0) is 9.47 Å². The maximum absolute atomic E-state index is 11.7. The van der Waals surface area contributed by atoms with Gasteiger partial charge in [0.2, 0.25) is 0 Å². The second-order valence-corrected chi connectivity index (χ2v) is 5.09. The lowest BCUT2D eigenvalue weighted by Gasteiger charge is -2.43. The zero-order valence-electron chi connectivity index (χ0n) is 11.8. The first kappa shape index (κ1) is 13.7. The molecule has 1 atom stereocenters. The van der Waals surface area contributed by atoms with E-state index in [-0.39, 0.29) is 18.1 Å². The Morgan fingerprint density at radius 3 is 3.14 bits per heavy atom. The van der Waals surface area contributed by atoms with Gasteiger partial charge < -0.3 is 19.3 Å². The molecule has 1 unspecified atom stereocenters. The lowest BCUT2D eigenvalue weighted by Crippen LogP contribution is -2.58. The molecule has 0 N–H and O–H groups in total. The fraction of sp³-hybridized carbons (Fsp3) is 0.500. The first-order chi connectivity index (χ1) is 10.2. The Bertz CT molecular complexity index is 563. The lowest BCUT2D eigenvalue weighted by atomic mass is 10.1. The minimum atomic E-state index is -0.376. The van der Waals surface area contributed by atoms with E-state index in [1.165, 1.54) is 7.11 Å². The van der Waals surface area contributed by atoms with Gasteiger partial charge in [-0.1, -0.05) is 0 Å². The smallest absolute Gasteiger partial charge is 0.410 e. The Morgan fingerprint density at radius 2 is 2.33 bits per heavy atom. The lowest BCUT2D eigenvalue weighted by molar-refractivity contribution is 0.0397. The Morgan fingerprint density at radius 1 is 1.48 bits per heavy atom. The van der Waals surface area contributed by atoms with Gasteiger partial charge >= 0.3 is 12.1 Å². The number of hydrogen-bond acceptors (Lipinski definition) is 6. The van der Waals surface area contributed by atoms with E-state index < -0.39 is 0 Å². The number of ether oxygens (including phenoxy) is 2. The number of piperazine rings is 1. The predicted molar refractivity (Wildman–Crippen MR) is 74.2 cm³/mol. The highest BCUT2D eigenvalue weighted by Gasteiger charge is 2.35. The van der Waals surface area contributed by atoms with Gasteiger partial charge in [0.1, 0.15) is 5.82 Å². The molecule has 112 valence electrons. The monoisotopic (exact) mass is 291 g/mol. The van der Waals surface area contributed by atoms with Crippen molar-refractivity contribution in [3.05, 3.63) is 23.9 Å². The second kappa shape index (κ2) is 5.59. The van der Waals surface area contributed by atoms with E-state index >= 15 is 0 Å². The van der Waals surface area contributed by atoms with Crippen LogP contribution in [0, 0.1) is 0 Å². The highest BCUT2D eigenvalue weighted by molar-refractivity contribution is 5.90. The summed E-state index contributed by atoms with van der Waals surface area (Å²) in [7, 11) is 1.36. The van der Waals surface area contributed by atoms with E-state index in [0.717, 1.165) is 12.2 Å². The predicted octanol–water partition coefficient (Wildman–Crippen LogP) is 0.899. The standard InChI is InChI=1S/C14H17N3O4/c1-20-13(18)10-2-4-15-12(8-10)16-5-6-17-11(9-16)3-7-21-14(17)19/h2,4,8,11H,3,5-7,9H2,1H3. The van der Waals surface area contributed by atoms with Gasteiger partial charge in [-0.2, -0.15) is 0 Å². The third-order valence-electron chi connectivity index (χ3n) is 3.88. The molecule has 7 heteroatoms. The number of methoxy groups -OCH3 is 1. The molecule has 3 heterocycles. The molecule has 2 aliphatic rings. The van der Waals surface area contributed by atoms with E-state index in [9.17, 15) is 9.59 Å². The van der Waals surface area contributed by atoms with E-state index in [2.05, 4.69) is 9.88 Å². The van der Waals surface area contributed by atoms with E-state index in [0.29, 0.717) is 31.8 Å². The van der Waals surface area contributed by atoms with Crippen LogP contribution in [0.15, 0.2) is 18.3 Å². The molecule has 2 aliphatic heterocycles. The molecule has 3 rings (SSSR count). The van der Waals surface area contributed by atoms with Gasteiger partial charge in [0.15, 0.2) is 0 Å². The number of amides is 1. The minimum Gasteiger partial charge on any atom is -0.465 e. The highest BCUT2D eigenvalue weighted by atomic mass is 16.6. The zero-order chi connectivity index (χ0) is 14.8. The van der Waals surface area contributed by atoms with Crippen molar-refractivity contribution in [3.8, 4) is 0 Å². The topological polar surface area (TPSA) is 72.0 Å². The number of carbonyl (C=O) groups is 2. The molecule has 1 amide bonds. The summed E-state index contributed by atoms with van der Waals surface area (Å²) in [6.07, 6.45) is 2.18. The normalized spacial score (nSPS) is 21.6. The molecule has 1 aromatic heterocycles. The van der Waals surface area contributed by atoms with Crippen LogP contribution >= 0.6 is 0 Å². The summed E-state index contributed by atoms with van der Waals surface area (Å²) >= 11 is 0. The van der Waals surface area contributed by atoms with Gasteiger partial charge in [-0.25, -0.2) is 14.6 Å². The maximum Gasteiger partial charge on any atom is 0.410 e. The first-order valence-electron chi connectivity index (χ1n) is 6.92. The number of cyclic esters (lactones) is 1. The quantitative estimate of drug-likeness (QED) is 0.754. The molecule has 0 aromatic carbocycles. The van der Waals surface area contributed by atoms with Crippen molar-refractivity contribution in [2.75, 3.05) is 38.3 Å². The van der Waals surface area contributed by atoms with Gasteiger partial charge in [-0.05, 0) is 12.1 Å². The highest BCUT2D eigenvalue weighted by Crippen LogP contribution is 2.22. The number of fused-ring (bicyclic) bond motifs is 1. The number of esters is 1. The SMILES string of the molecule is COC(=O)c1ccnc(N2CCN3C(=O)OCCC3C2)c1. The fourth-order valence-corrected chi connectivity index (χ4v) is 2.75. The van der Waals surface area contributed by atoms with Crippen molar-refractivity contribution < 1.29 is 19.1 Å². The first-order valence-corrected chi connectivity index (χ1v) is 6.92. The van der Waals surface area contributed by atoms with Crippen LogP contribution in [0.3, 0.4) is 0 Å². The summed E-state index contributed by atoms with van der Waals surface area (Å²) in [6, 6.07) is 3.50. The van der Waals surface area contributed by atoms with Gasteiger partial charge in [0.05, 0.1) is 25.3 Å². The van der Waals surface area contributed by atoms with Crippen LogP contribution in [0.2, 0.25) is 0 Å². The van der Waals surface area contributed by atoms with Crippen molar-refractivity contribution in [1.29, 1.82) is 0 Å². The van der Waals surface area contributed by atoms with E-state index in [1.807, 2.05) is 0 Å². The number of pyridine rings is 1. The Kier molecular flexibility index (Phi) is 3.64. The van der Waals surface area contributed by atoms with Gasteiger partial charge in [-0.15, -0.1) is 0 Å². The number of anilines is 1. The minimum absolute atomic E-state index is 0.142. The molecule has 0 spiro atoms. The number of rotatable bonds is 2. The summed E-state index contributed by atoms with van der Waals surface area (Å²) < 4.78 is 9.77. The third kappa shape index (κ3) is 2.63. The summed E-state index contributed by atoms with van der Waals surface area (Å²) in [4.78, 5) is 31.4. The second-order valence-electron chi connectivity index (χ2n) is 5.09. The summed E-state index contributed by atoms with van der Waals surface area (Å²) in [5.41, 5.74) is 0.480. The Labute approximate surface area is 122 Å². The van der Waals surface area contributed by atoms with Gasteiger partial charge in [0.25, 0.3) is 0 Å². The van der Waals surface area contributed by atoms with Gasteiger partial charge in [-0.3, -0.25) is 0 Å². The number of carbonyl (C=O) groups excluding carboxylic acids is 2. The summed E-state index contributed by atoms with van der Waals surface area (Å²) in [5.74, 6) is 0.357. The van der Waals surface area contributed by atoms with Crippen molar-refractivity contribution in [3.63, 3.8) is 0 Å². The van der Waals surface area contributed by atoms with Gasteiger partial charge in [0, 0.05) is 32.3 Å². The largest absolute Gasteiger partial charge is 0.465 e. The Hall–Kier alpha value is -2.31. The molecule has 0 radical (unpaired) electrons. The maximum atomic E-state index is 11.7. The number of aromatic nitrogens is 1. The molecule has 1 aromatic rings. The average Bonchev–Trinajstić information content (AvgIpc) is 2.54. The fourth-order valence-electron chi connectivity index (χ4n) is 2.75. The summed E-state index contributed by atoms with van der Waals surface area (Å²) in [5, 5.41) is 0. The van der Waals surface area contributed by atoms with E-state index in [4.69, 9.17) is 9.47 Å². The molecule has 0 aliphatic carbocycles. The zero-order valence-corrected chi connectivity index (χ0v) is 11.8. The van der Waals surface area contributed by atoms with Crippen molar-refractivity contribution in [2.24, 2.45) is 0 Å². The third-order valence-corrected chi connectivity index (χ3v) is 3.88. The van der Waals surface area contributed by atoms with Crippen LogP contribution < -0.4 is 4.90 Å². The van der Waals surface area contributed by atoms with Crippen LogP contribution in [0.25, 0.3) is 0 Å². The molecule has 0 bridgehead atoms. The molecular formula is C14H17N3O4. The van der Waals surface area contributed by atoms with Crippen molar-refractivity contribution in [1.82, 2.24) is 9.88 Å². The van der Waals surface area contributed by atoms with Crippen molar-refractivity contribution >= 4 is 17.9 Å². The molecule has 21 heavy (non-hydrogen) atoms. The summed E-state index contributed by atoms with van der Waals surface area (Å²) in [6.45, 7) is 2.44. The number of nitrogens with zero attached hydrogens (tertiary/aromatic N) is 3. The molecule has 0 saturated carbocycles. The van der Waals surface area contributed by atoms with Crippen LogP contribution in [-0.4, -0.2) is 61.3 Å². The number of hydrogen-bond donors (Lipinski definition) is 0. The Balaban J connectivity index is 1.76. The van der Waals surface area contributed by atoms with Crippen LogP contribution in [0.4, 0.5) is 10.6 Å². The molecular weight excluding hydrogens is 274 g/mol. The molecule has 7 nitrogen and oxygen atoms in total. The molecule has 2 saturated heterocycles. The van der Waals surface area contributed by atoms with E-state index in [1.54, 1.807) is 23.2 Å². The van der Waals surface area contributed by atoms with Crippen LogP contribution in [0.5, 0.6) is 0 Å². The molecule has 2 fully saturated rings. The van der Waals surface area contributed by atoms with Crippen molar-refractivity contribution in [2.45, 2.75) is 12.5 Å². The average molecular weight is 291 g/mol. The van der Waals surface area contributed by atoms with Crippen LogP contribution in [0.1, 0.15) is 16.8 Å².